The molecule has 0 amide bonds. The molecule has 2 N–H and O–H groups in total. The zero-order valence-corrected chi connectivity index (χ0v) is 12.6. The molecule has 0 radical (unpaired) electrons. The fourth-order valence-corrected chi connectivity index (χ4v) is 3.02. The molecule has 0 fully saturated rings. The Labute approximate surface area is 124 Å². The lowest BCUT2D eigenvalue weighted by Crippen LogP contribution is -2.37. The van der Waals surface area contributed by atoms with E-state index in [1.807, 2.05) is 51.1 Å². The molecule has 0 spiro atoms. The van der Waals surface area contributed by atoms with E-state index in [1.165, 1.54) is 0 Å². The highest BCUT2D eigenvalue weighted by Gasteiger charge is 2.38. The van der Waals surface area contributed by atoms with Crippen molar-refractivity contribution in [2.45, 2.75) is 39.4 Å². The minimum Gasteiger partial charge on any atom is -0.507 e. The van der Waals surface area contributed by atoms with Crippen molar-refractivity contribution in [2.24, 2.45) is 0 Å². The highest BCUT2D eigenvalue weighted by molar-refractivity contribution is 5.58. The maximum atomic E-state index is 10.9. The van der Waals surface area contributed by atoms with Gasteiger partial charge in [-0.1, -0.05) is 30.3 Å². The van der Waals surface area contributed by atoms with Crippen molar-refractivity contribution < 1.29 is 14.9 Å². The Hall–Kier alpha value is -2.00. The van der Waals surface area contributed by atoms with Gasteiger partial charge < -0.3 is 14.9 Å². The predicted molar refractivity (Wildman–Crippen MR) is 81.6 cm³/mol. The van der Waals surface area contributed by atoms with Gasteiger partial charge in [0.1, 0.15) is 11.5 Å². The van der Waals surface area contributed by atoms with E-state index < -0.39 is 5.79 Å². The summed E-state index contributed by atoms with van der Waals surface area (Å²) in [6.07, 6.45) is 1.16. The van der Waals surface area contributed by atoms with E-state index in [0.717, 1.165) is 27.8 Å². The molecule has 3 rings (SSSR count). The van der Waals surface area contributed by atoms with Gasteiger partial charge in [0.25, 0.3) is 0 Å². The molecule has 1 unspecified atom stereocenters. The second-order valence-electron chi connectivity index (χ2n) is 5.78. The summed E-state index contributed by atoms with van der Waals surface area (Å²) >= 11 is 0. The van der Waals surface area contributed by atoms with Gasteiger partial charge in [-0.2, -0.15) is 0 Å². The predicted octanol–water partition coefficient (Wildman–Crippen LogP) is 3.49. The van der Waals surface area contributed by atoms with E-state index in [-0.39, 0.29) is 0 Å². The zero-order valence-electron chi connectivity index (χ0n) is 12.6. The topological polar surface area (TPSA) is 49.7 Å². The molecule has 2 aromatic carbocycles. The number of rotatable bonds is 1. The van der Waals surface area contributed by atoms with Crippen molar-refractivity contribution in [1.82, 2.24) is 0 Å². The number of hydrogen-bond acceptors (Lipinski definition) is 3. The Morgan fingerprint density at radius 2 is 1.67 bits per heavy atom. The Morgan fingerprint density at radius 1 is 1.00 bits per heavy atom. The van der Waals surface area contributed by atoms with Crippen LogP contribution in [0.25, 0.3) is 0 Å². The van der Waals surface area contributed by atoms with Crippen LogP contribution in [-0.2, 0) is 12.2 Å². The fraction of sp³-hybridized carbons (Fsp3) is 0.333. The molecule has 1 aliphatic heterocycles. The number of fused-ring (bicyclic) bond motifs is 1. The molecule has 3 nitrogen and oxygen atoms in total. The molecule has 0 aliphatic carbocycles. The average molecular weight is 284 g/mol. The molecular formula is C18H20O3. The standard InChI is InChI=1S/C18H20O3/c1-11-12(2)17-15(13(3)16(11)19)9-10-18(20,21-17)14-7-5-4-6-8-14/h4-8,19-20H,9-10H2,1-3H3. The van der Waals surface area contributed by atoms with Gasteiger partial charge >= 0.3 is 0 Å². The van der Waals surface area contributed by atoms with Gasteiger partial charge in [0.15, 0.2) is 0 Å². The second kappa shape index (κ2) is 4.78. The van der Waals surface area contributed by atoms with Crippen LogP contribution in [0, 0.1) is 20.8 Å². The lowest BCUT2D eigenvalue weighted by atomic mass is 9.88. The van der Waals surface area contributed by atoms with Gasteiger partial charge in [-0.25, -0.2) is 0 Å². The molecule has 0 saturated carbocycles. The summed E-state index contributed by atoms with van der Waals surface area (Å²) in [5, 5.41) is 21.1. The normalized spacial score (nSPS) is 20.8. The summed E-state index contributed by atoms with van der Waals surface area (Å²) in [6.45, 7) is 5.69. The van der Waals surface area contributed by atoms with Crippen molar-refractivity contribution in [3.8, 4) is 11.5 Å². The van der Waals surface area contributed by atoms with E-state index in [4.69, 9.17) is 4.74 Å². The van der Waals surface area contributed by atoms with Crippen LogP contribution in [0.1, 0.15) is 34.2 Å². The third-order valence-corrected chi connectivity index (χ3v) is 4.55. The Kier molecular flexibility index (Phi) is 3.18. The Balaban J connectivity index is 2.11. The lowest BCUT2D eigenvalue weighted by molar-refractivity contribution is -0.158. The first-order chi connectivity index (χ1) is 9.94. The first-order valence-corrected chi connectivity index (χ1v) is 7.22. The van der Waals surface area contributed by atoms with Gasteiger partial charge in [-0.15, -0.1) is 0 Å². The van der Waals surface area contributed by atoms with Gasteiger partial charge in [-0.05, 0) is 43.9 Å². The van der Waals surface area contributed by atoms with Crippen LogP contribution in [0.2, 0.25) is 0 Å². The van der Waals surface area contributed by atoms with E-state index >= 15 is 0 Å². The molecule has 0 bridgehead atoms. The molecule has 0 aromatic heterocycles. The van der Waals surface area contributed by atoms with Crippen LogP contribution in [0.4, 0.5) is 0 Å². The molecular weight excluding hydrogens is 264 g/mol. The minimum absolute atomic E-state index is 0.333. The van der Waals surface area contributed by atoms with E-state index in [9.17, 15) is 10.2 Å². The molecule has 2 aromatic rings. The van der Waals surface area contributed by atoms with Crippen LogP contribution in [0.15, 0.2) is 30.3 Å². The van der Waals surface area contributed by atoms with Crippen molar-refractivity contribution in [1.29, 1.82) is 0 Å². The second-order valence-corrected chi connectivity index (χ2v) is 5.78. The number of aliphatic hydroxyl groups is 1. The Morgan fingerprint density at radius 3 is 2.33 bits per heavy atom. The summed E-state index contributed by atoms with van der Waals surface area (Å²) in [4.78, 5) is 0. The van der Waals surface area contributed by atoms with Crippen LogP contribution in [-0.4, -0.2) is 10.2 Å². The molecule has 0 saturated heterocycles. The van der Waals surface area contributed by atoms with E-state index in [1.54, 1.807) is 0 Å². The maximum Gasteiger partial charge on any atom is 0.235 e. The third-order valence-electron chi connectivity index (χ3n) is 4.55. The van der Waals surface area contributed by atoms with E-state index in [0.29, 0.717) is 24.3 Å². The molecule has 1 heterocycles. The van der Waals surface area contributed by atoms with Crippen molar-refractivity contribution >= 4 is 0 Å². The summed E-state index contributed by atoms with van der Waals surface area (Å²) in [5.74, 6) is -0.255. The number of hydrogen-bond donors (Lipinski definition) is 2. The Bertz CT molecular complexity index is 692. The maximum absolute atomic E-state index is 10.9. The van der Waals surface area contributed by atoms with Gasteiger partial charge in [-0.3, -0.25) is 0 Å². The lowest BCUT2D eigenvalue weighted by Gasteiger charge is -2.36. The molecule has 1 atom stereocenters. The molecule has 110 valence electrons. The van der Waals surface area contributed by atoms with Gasteiger partial charge in [0, 0.05) is 17.5 Å². The number of phenols is 1. The third kappa shape index (κ3) is 2.09. The van der Waals surface area contributed by atoms with Gasteiger partial charge in [0.2, 0.25) is 5.79 Å². The summed E-state index contributed by atoms with van der Waals surface area (Å²) in [7, 11) is 0. The number of ether oxygens (including phenoxy) is 1. The number of benzene rings is 2. The highest BCUT2D eigenvalue weighted by atomic mass is 16.6. The molecule has 1 aliphatic rings. The van der Waals surface area contributed by atoms with Gasteiger partial charge in [0.05, 0.1) is 0 Å². The SMILES string of the molecule is Cc1c(C)c2c(c(C)c1O)CCC(O)(c1ccccc1)O2. The zero-order chi connectivity index (χ0) is 15.2. The smallest absolute Gasteiger partial charge is 0.235 e. The monoisotopic (exact) mass is 284 g/mol. The number of phenolic OH excluding ortho intramolecular Hbond substituents is 1. The van der Waals surface area contributed by atoms with Crippen molar-refractivity contribution in [3.63, 3.8) is 0 Å². The fourth-order valence-electron chi connectivity index (χ4n) is 3.02. The van der Waals surface area contributed by atoms with Crippen LogP contribution in [0.3, 0.4) is 0 Å². The first kappa shape index (κ1) is 14.0. The largest absolute Gasteiger partial charge is 0.507 e. The van der Waals surface area contributed by atoms with Crippen molar-refractivity contribution in [2.75, 3.05) is 0 Å². The highest BCUT2D eigenvalue weighted by Crippen LogP contribution is 2.45. The van der Waals surface area contributed by atoms with E-state index in [2.05, 4.69) is 0 Å². The quantitative estimate of drug-likeness (QED) is 0.843. The summed E-state index contributed by atoms with van der Waals surface area (Å²) in [5.41, 5.74) is 4.31. The summed E-state index contributed by atoms with van der Waals surface area (Å²) < 4.78 is 6.00. The molecule has 3 heteroatoms. The average Bonchev–Trinajstić information content (AvgIpc) is 2.51. The van der Waals surface area contributed by atoms with Crippen molar-refractivity contribution in [3.05, 3.63) is 58.1 Å². The van der Waals surface area contributed by atoms with Crippen LogP contribution in [0.5, 0.6) is 11.5 Å². The van der Waals surface area contributed by atoms with Crippen LogP contribution < -0.4 is 4.74 Å². The molecule has 21 heavy (non-hydrogen) atoms. The minimum atomic E-state index is -1.30. The van der Waals surface area contributed by atoms with Crippen LogP contribution >= 0.6 is 0 Å². The first-order valence-electron chi connectivity index (χ1n) is 7.22. The number of aromatic hydroxyl groups is 1. The summed E-state index contributed by atoms with van der Waals surface area (Å²) in [6, 6.07) is 9.46.